The zero-order chi connectivity index (χ0) is 17.2. The number of aromatic amines is 1. The van der Waals surface area contributed by atoms with Gasteiger partial charge in [-0.2, -0.15) is 10.1 Å². The van der Waals surface area contributed by atoms with Crippen molar-refractivity contribution in [1.29, 1.82) is 0 Å². The van der Waals surface area contributed by atoms with E-state index in [1.165, 1.54) is 0 Å². The monoisotopic (exact) mass is 329 g/mol. The lowest BCUT2D eigenvalue weighted by Crippen LogP contribution is -2.12. The molecule has 0 aliphatic carbocycles. The Morgan fingerprint density at radius 1 is 1.16 bits per heavy atom. The van der Waals surface area contributed by atoms with Gasteiger partial charge < -0.3 is 5.32 Å². The van der Waals surface area contributed by atoms with Crippen LogP contribution in [0.4, 0.5) is 17.5 Å². The van der Waals surface area contributed by atoms with E-state index in [1.807, 2.05) is 24.1 Å². The molecule has 1 aromatic carbocycles. The summed E-state index contributed by atoms with van der Waals surface area (Å²) >= 11 is 0. The van der Waals surface area contributed by atoms with E-state index >= 15 is 0 Å². The van der Waals surface area contributed by atoms with Crippen molar-refractivity contribution >= 4 is 45.2 Å². The molecule has 25 heavy (non-hydrogen) atoms. The Morgan fingerprint density at radius 3 is 2.96 bits per heavy atom. The molecule has 120 valence electrons. The normalized spacial score (nSPS) is 10.5. The van der Waals surface area contributed by atoms with Crippen molar-refractivity contribution in [3.05, 3.63) is 42.9 Å². The molecule has 4 rings (SSSR count). The van der Waals surface area contributed by atoms with Crippen LogP contribution < -0.4 is 10.6 Å². The van der Waals surface area contributed by atoms with Gasteiger partial charge in [0.05, 0.1) is 29.1 Å². The van der Waals surface area contributed by atoms with Crippen molar-refractivity contribution in [3.8, 4) is 12.3 Å². The van der Waals surface area contributed by atoms with Crippen LogP contribution in [-0.4, -0.2) is 31.1 Å². The van der Waals surface area contributed by atoms with Crippen LogP contribution in [0.2, 0.25) is 0 Å². The van der Waals surface area contributed by atoms with E-state index in [-0.39, 0.29) is 5.95 Å². The first kappa shape index (κ1) is 14.6. The molecule has 0 saturated heterocycles. The highest BCUT2D eigenvalue weighted by atomic mass is 16.1. The van der Waals surface area contributed by atoms with Gasteiger partial charge in [-0.15, -0.1) is 6.42 Å². The lowest BCUT2D eigenvalue weighted by atomic mass is 10.2. The van der Waals surface area contributed by atoms with Crippen LogP contribution in [0.5, 0.6) is 0 Å². The fourth-order valence-electron chi connectivity index (χ4n) is 2.47. The van der Waals surface area contributed by atoms with Crippen LogP contribution in [-0.2, 0) is 4.79 Å². The summed E-state index contributed by atoms with van der Waals surface area (Å²) in [5, 5.41) is 14.4. The zero-order valence-corrected chi connectivity index (χ0v) is 12.8. The number of hydrogen-bond donors (Lipinski definition) is 3. The summed E-state index contributed by atoms with van der Waals surface area (Å²) in [5.41, 5.74) is 2.29. The van der Waals surface area contributed by atoms with Crippen LogP contribution >= 0.6 is 0 Å². The Kier molecular flexibility index (Phi) is 3.44. The quantitative estimate of drug-likeness (QED) is 0.497. The van der Waals surface area contributed by atoms with Gasteiger partial charge in [-0.3, -0.25) is 20.2 Å². The zero-order valence-electron chi connectivity index (χ0n) is 12.8. The number of carbonyl (C=O) groups excluding carboxylic acids is 1. The van der Waals surface area contributed by atoms with Crippen molar-refractivity contribution < 1.29 is 4.79 Å². The van der Waals surface area contributed by atoms with Crippen LogP contribution in [0.3, 0.4) is 0 Å². The summed E-state index contributed by atoms with van der Waals surface area (Å²) in [4.78, 5) is 24.1. The number of benzene rings is 1. The smallest absolute Gasteiger partial charge is 0.302 e. The lowest BCUT2D eigenvalue weighted by Gasteiger charge is -2.11. The van der Waals surface area contributed by atoms with Gasteiger partial charge in [0.2, 0.25) is 5.95 Å². The Morgan fingerprint density at radius 2 is 2.08 bits per heavy atom. The fourth-order valence-corrected chi connectivity index (χ4v) is 2.47. The van der Waals surface area contributed by atoms with Crippen molar-refractivity contribution in [2.24, 2.45) is 0 Å². The number of amides is 1. The summed E-state index contributed by atoms with van der Waals surface area (Å²) < 4.78 is 0. The molecule has 3 aromatic heterocycles. The van der Waals surface area contributed by atoms with Gasteiger partial charge in [-0.25, -0.2) is 4.98 Å². The first-order valence-corrected chi connectivity index (χ1v) is 7.33. The van der Waals surface area contributed by atoms with E-state index in [1.54, 1.807) is 24.7 Å². The van der Waals surface area contributed by atoms with Crippen molar-refractivity contribution in [2.45, 2.75) is 0 Å². The fraction of sp³-hybridized carbons (Fsp3) is 0. The molecule has 0 bridgehead atoms. The van der Waals surface area contributed by atoms with Crippen molar-refractivity contribution in [2.75, 3.05) is 10.6 Å². The predicted molar refractivity (Wildman–Crippen MR) is 94.2 cm³/mol. The van der Waals surface area contributed by atoms with E-state index in [4.69, 9.17) is 6.42 Å². The average molecular weight is 329 g/mol. The van der Waals surface area contributed by atoms with E-state index in [9.17, 15) is 4.79 Å². The minimum Gasteiger partial charge on any atom is -0.339 e. The first-order valence-electron chi connectivity index (χ1n) is 7.33. The van der Waals surface area contributed by atoms with Gasteiger partial charge in [-0.1, -0.05) is 6.07 Å². The molecule has 0 radical (unpaired) electrons. The maximum atomic E-state index is 11.5. The molecule has 8 nitrogen and oxygen atoms in total. The number of nitrogens with one attached hydrogen (secondary N) is 3. The van der Waals surface area contributed by atoms with Crippen LogP contribution in [0.15, 0.2) is 42.9 Å². The van der Waals surface area contributed by atoms with Gasteiger partial charge in [0.25, 0.3) is 0 Å². The Bertz CT molecular complexity index is 1140. The first-order chi connectivity index (χ1) is 12.2. The highest BCUT2D eigenvalue weighted by Crippen LogP contribution is 2.28. The minimum absolute atomic E-state index is 0.102. The number of aromatic nitrogens is 5. The number of rotatable bonds is 3. The molecule has 0 spiro atoms. The van der Waals surface area contributed by atoms with Crippen molar-refractivity contribution in [3.63, 3.8) is 0 Å². The van der Waals surface area contributed by atoms with Gasteiger partial charge in [-0.05, 0) is 24.1 Å². The maximum Gasteiger partial charge on any atom is 0.302 e. The van der Waals surface area contributed by atoms with Crippen LogP contribution in [0, 0.1) is 12.3 Å². The molecule has 0 fully saturated rings. The third-order valence-corrected chi connectivity index (χ3v) is 3.59. The minimum atomic E-state index is -0.619. The number of carbonyl (C=O) groups is 1. The molecule has 3 heterocycles. The predicted octanol–water partition coefficient (Wildman–Crippen LogP) is 2.22. The second-order valence-electron chi connectivity index (χ2n) is 5.15. The van der Waals surface area contributed by atoms with Crippen molar-refractivity contribution in [1.82, 2.24) is 25.1 Å². The van der Waals surface area contributed by atoms with Gasteiger partial charge in [0.1, 0.15) is 5.82 Å². The molecule has 0 atom stereocenters. The van der Waals surface area contributed by atoms with E-state index < -0.39 is 5.91 Å². The van der Waals surface area contributed by atoms with Crippen LogP contribution in [0.1, 0.15) is 0 Å². The van der Waals surface area contributed by atoms with Gasteiger partial charge in [0, 0.05) is 17.0 Å². The second-order valence-corrected chi connectivity index (χ2v) is 5.15. The molecule has 1 amide bonds. The third-order valence-electron chi connectivity index (χ3n) is 3.59. The molecule has 0 aliphatic heterocycles. The number of fused-ring (bicyclic) bond motifs is 2. The summed E-state index contributed by atoms with van der Waals surface area (Å²) in [5.74, 6) is 1.98. The maximum absolute atomic E-state index is 11.5. The highest BCUT2D eigenvalue weighted by Gasteiger charge is 2.11. The third kappa shape index (κ3) is 2.70. The average Bonchev–Trinajstić information content (AvgIpc) is 3.11. The van der Waals surface area contributed by atoms with Gasteiger partial charge in [0.15, 0.2) is 0 Å². The lowest BCUT2D eigenvalue weighted by molar-refractivity contribution is -0.111. The summed E-state index contributed by atoms with van der Waals surface area (Å²) in [6, 6.07) is 7.52. The highest BCUT2D eigenvalue weighted by molar-refractivity contribution is 6.03. The molecule has 0 aliphatic rings. The Balaban J connectivity index is 1.83. The summed E-state index contributed by atoms with van der Waals surface area (Å²) in [6.45, 7) is 0. The molecule has 8 heteroatoms. The molecular weight excluding hydrogens is 318 g/mol. The molecule has 0 unspecified atom stereocenters. The molecule has 3 N–H and O–H groups in total. The number of anilines is 3. The Hall–Kier alpha value is -3.99. The summed E-state index contributed by atoms with van der Waals surface area (Å²) in [7, 11) is 0. The van der Waals surface area contributed by atoms with E-state index in [2.05, 4.69) is 35.8 Å². The van der Waals surface area contributed by atoms with Crippen LogP contribution in [0.25, 0.3) is 21.8 Å². The number of pyridine rings is 1. The second kappa shape index (κ2) is 5.90. The largest absolute Gasteiger partial charge is 0.339 e. The number of H-pyrrole nitrogens is 1. The molecule has 4 aromatic rings. The SMILES string of the molecule is C#CC(=O)Nc1nc(Nc2cccc3[nH]ncc23)c2ccncc2n1. The number of hydrogen-bond acceptors (Lipinski definition) is 6. The molecular formula is C17H11N7O. The summed E-state index contributed by atoms with van der Waals surface area (Å²) in [6.07, 6.45) is 10.1. The number of terminal acetylenes is 1. The Labute approximate surface area is 141 Å². The topological polar surface area (TPSA) is 108 Å². The van der Waals surface area contributed by atoms with E-state index in [0.29, 0.717) is 11.3 Å². The van der Waals surface area contributed by atoms with Gasteiger partial charge >= 0.3 is 5.91 Å². The molecule has 0 saturated carbocycles. The van der Waals surface area contributed by atoms with E-state index in [0.717, 1.165) is 22.0 Å². The number of nitrogens with zero attached hydrogens (tertiary/aromatic N) is 4. The standard InChI is InChI=1S/C17H11N7O/c1-2-15(25)22-17-21-14-9-18-7-6-10(14)16(23-17)20-12-4-3-5-13-11(12)8-19-24-13/h1,3-9H,(H,19,24)(H2,20,21,22,23,25).